The average molecular weight is 624 g/mol. The van der Waals surface area contributed by atoms with Gasteiger partial charge in [-0.1, -0.05) is 155 Å². The lowest BCUT2D eigenvalue weighted by Gasteiger charge is -2.21. The predicted molar refractivity (Wildman–Crippen MR) is 190 cm³/mol. The van der Waals surface area contributed by atoms with E-state index >= 15 is 0 Å². The molecule has 0 saturated heterocycles. The van der Waals surface area contributed by atoms with E-state index < -0.39 is 0 Å². The van der Waals surface area contributed by atoms with Crippen LogP contribution in [-0.2, 0) is 14.3 Å². The first-order valence-corrected chi connectivity index (χ1v) is 19.4. The van der Waals surface area contributed by atoms with E-state index in [1.165, 1.54) is 141 Å². The van der Waals surface area contributed by atoms with Gasteiger partial charge < -0.3 is 20.3 Å². The Hall–Kier alpha value is -1.14. The van der Waals surface area contributed by atoms with E-state index in [4.69, 9.17) is 4.74 Å². The molecule has 2 N–H and O–H groups in total. The monoisotopic (exact) mass is 624 g/mol. The molecule has 0 heterocycles. The van der Waals surface area contributed by atoms with Crippen LogP contribution in [0, 0.1) is 0 Å². The van der Waals surface area contributed by atoms with Gasteiger partial charge in [-0.3, -0.25) is 9.59 Å². The van der Waals surface area contributed by atoms with E-state index in [0.29, 0.717) is 32.5 Å². The van der Waals surface area contributed by atoms with Crippen molar-refractivity contribution in [3.05, 3.63) is 0 Å². The van der Waals surface area contributed by atoms with Crippen molar-refractivity contribution in [3.8, 4) is 0 Å². The molecule has 0 aliphatic rings. The molecule has 0 saturated carbocycles. The highest BCUT2D eigenvalue weighted by Crippen LogP contribution is 2.13. The van der Waals surface area contributed by atoms with Crippen LogP contribution in [0.3, 0.4) is 0 Å². The SMILES string of the molecule is CCCCCCCCCCCCCCNC(=O)CCN(CCCOC)CCC(=O)NCCCCCCCCCCCCCC. The molecule has 0 radical (unpaired) electrons. The first kappa shape index (κ1) is 42.9. The zero-order valence-corrected chi connectivity index (χ0v) is 30.0. The molecule has 0 aromatic carbocycles. The molecule has 0 aromatic rings. The molecule has 0 unspecified atom stereocenters. The number of ether oxygens (including phenoxy) is 1. The van der Waals surface area contributed by atoms with Crippen LogP contribution in [0.25, 0.3) is 0 Å². The minimum atomic E-state index is 0.126. The van der Waals surface area contributed by atoms with Crippen molar-refractivity contribution in [3.63, 3.8) is 0 Å². The summed E-state index contributed by atoms with van der Waals surface area (Å²) in [5.74, 6) is 0.252. The normalized spacial score (nSPS) is 11.4. The van der Waals surface area contributed by atoms with Crippen molar-refractivity contribution >= 4 is 11.8 Å². The summed E-state index contributed by atoms with van der Waals surface area (Å²) >= 11 is 0. The van der Waals surface area contributed by atoms with Gasteiger partial charge >= 0.3 is 0 Å². The second-order valence-electron chi connectivity index (χ2n) is 13.2. The summed E-state index contributed by atoms with van der Waals surface area (Å²) in [5, 5.41) is 6.21. The van der Waals surface area contributed by atoms with Crippen LogP contribution in [0.15, 0.2) is 0 Å². The van der Waals surface area contributed by atoms with E-state index in [1.54, 1.807) is 7.11 Å². The summed E-state index contributed by atoms with van der Waals surface area (Å²) in [6.07, 6.45) is 33.8. The summed E-state index contributed by atoms with van der Waals surface area (Å²) in [5.41, 5.74) is 0. The van der Waals surface area contributed by atoms with Gasteiger partial charge in [-0.15, -0.1) is 0 Å². The van der Waals surface area contributed by atoms with Crippen molar-refractivity contribution in [1.82, 2.24) is 15.5 Å². The zero-order chi connectivity index (χ0) is 32.2. The van der Waals surface area contributed by atoms with Crippen molar-refractivity contribution in [1.29, 1.82) is 0 Å². The average Bonchev–Trinajstić information content (AvgIpc) is 3.02. The number of rotatable bonds is 36. The minimum absolute atomic E-state index is 0.126. The Labute approximate surface area is 275 Å². The third-order valence-electron chi connectivity index (χ3n) is 8.84. The molecule has 44 heavy (non-hydrogen) atoms. The van der Waals surface area contributed by atoms with Gasteiger partial charge in [-0.2, -0.15) is 0 Å². The Morgan fingerprint density at radius 1 is 0.455 bits per heavy atom. The van der Waals surface area contributed by atoms with Gasteiger partial charge in [0, 0.05) is 59.3 Å². The maximum atomic E-state index is 12.4. The maximum absolute atomic E-state index is 12.4. The summed E-state index contributed by atoms with van der Waals surface area (Å²) in [6, 6.07) is 0. The second-order valence-corrected chi connectivity index (χ2v) is 13.2. The lowest BCUT2D eigenvalue weighted by atomic mass is 10.1. The topological polar surface area (TPSA) is 70.7 Å². The highest BCUT2D eigenvalue weighted by molar-refractivity contribution is 5.76. The molecule has 0 aliphatic heterocycles. The number of hydrogen-bond acceptors (Lipinski definition) is 4. The fourth-order valence-corrected chi connectivity index (χ4v) is 5.85. The third-order valence-corrected chi connectivity index (χ3v) is 8.84. The number of methoxy groups -OCH3 is 1. The Balaban J connectivity index is 3.80. The number of unbranched alkanes of at least 4 members (excludes halogenated alkanes) is 22. The fourth-order valence-electron chi connectivity index (χ4n) is 5.85. The number of nitrogens with one attached hydrogen (secondary N) is 2. The van der Waals surface area contributed by atoms with Crippen molar-refractivity contribution in [2.75, 3.05) is 46.4 Å². The van der Waals surface area contributed by atoms with Crippen molar-refractivity contribution in [2.24, 2.45) is 0 Å². The third kappa shape index (κ3) is 33.7. The Morgan fingerprint density at radius 2 is 0.773 bits per heavy atom. The van der Waals surface area contributed by atoms with Gasteiger partial charge in [0.15, 0.2) is 0 Å². The van der Waals surface area contributed by atoms with Crippen LogP contribution >= 0.6 is 0 Å². The Bertz CT molecular complexity index is 556. The molecular formula is C38H77N3O3. The molecule has 0 rings (SSSR count). The number of nitrogens with zero attached hydrogens (tertiary/aromatic N) is 1. The second kappa shape index (κ2) is 36.3. The lowest BCUT2D eigenvalue weighted by molar-refractivity contribution is -0.121. The summed E-state index contributed by atoms with van der Waals surface area (Å²) in [4.78, 5) is 27.1. The van der Waals surface area contributed by atoms with E-state index in [9.17, 15) is 9.59 Å². The summed E-state index contributed by atoms with van der Waals surface area (Å²) < 4.78 is 5.22. The van der Waals surface area contributed by atoms with Gasteiger partial charge in [-0.05, 0) is 19.3 Å². The molecule has 0 aromatic heterocycles. The molecule has 6 nitrogen and oxygen atoms in total. The largest absolute Gasteiger partial charge is 0.385 e. The summed E-state index contributed by atoms with van der Waals surface area (Å²) in [7, 11) is 1.72. The zero-order valence-electron chi connectivity index (χ0n) is 30.0. The minimum Gasteiger partial charge on any atom is -0.385 e. The molecule has 6 heteroatoms. The predicted octanol–water partition coefficient (Wildman–Crippen LogP) is 9.74. The Kier molecular flexibility index (Phi) is 35.4. The first-order valence-electron chi connectivity index (χ1n) is 19.4. The molecular weight excluding hydrogens is 546 g/mol. The highest BCUT2D eigenvalue weighted by Gasteiger charge is 2.11. The molecule has 0 spiro atoms. The van der Waals surface area contributed by atoms with Crippen LogP contribution in [0.4, 0.5) is 0 Å². The van der Waals surface area contributed by atoms with Crippen LogP contribution in [0.2, 0.25) is 0 Å². The van der Waals surface area contributed by atoms with Gasteiger partial charge in [0.05, 0.1) is 0 Å². The van der Waals surface area contributed by atoms with Gasteiger partial charge in [0.1, 0.15) is 0 Å². The van der Waals surface area contributed by atoms with Crippen molar-refractivity contribution < 1.29 is 14.3 Å². The van der Waals surface area contributed by atoms with Crippen LogP contribution in [-0.4, -0.2) is 63.2 Å². The summed E-state index contributed by atoms with van der Waals surface area (Å²) in [6.45, 7) is 9.05. The lowest BCUT2D eigenvalue weighted by Crippen LogP contribution is -2.35. The van der Waals surface area contributed by atoms with E-state index in [2.05, 4.69) is 29.4 Å². The van der Waals surface area contributed by atoms with Gasteiger partial charge in [0.25, 0.3) is 0 Å². The smallest absolute Gasteiger partial charge is 0.221 e. The van der Waals surface area contributed by atoms with Crippen LogP contribution in [0.1, 0.15) is 187 Å². The van der Waals surface area contributed by atoms with E-state index in [0.717, 1.165) is 38.9 Å². The molecule has 262 valence electrons. The van der Waals surface area contributed by atoms with Crippen LogP contribution < -0.4 is 10.6 Å². The molecule has 0 fully saturated rings. The number of hydrogen-bond donors (Lipinski definition) is 2. The highest BCUT2D eigenvalue weighted by atomic mass is 16.5. The molecule has 0 aliphatic carbocycles. The van der Waals surface area contributed by atoms with Gasteiger partial charge in [-0.25, -0.2) is 0 Å². The molecule has 0 atom stereocenters. The number of carbonyl (C=O) groups is 2. The van der Waals surface area contributed by atoms with Crippen LogP contribution in [0.5, 0.6) is 0 Å². The molecule has 2 amide bonds. The quantitative estimate of drug-likeness (QED) is 0.0682. The van der Waals surface area contributed by atoms with Crippen molar-refractivity contribution in [2.45, 2.75) is 187 Å². The fraction of sp³-hybridized carbons (Fsp3) is 0.947. The first-order chi connectivity index (χ1) is 21.6. The molecule has 0 bridgehead atoms. The standard InChI is InChI=1S/C38H77N3O3/c1-4-6-8-10-12-14-16-18-20-22-24-26-31-39-37(42)29-34-41(33-28-36-44-3)35-30-38(43)40-32-27-25-23-21-19-17-15-13-11-9-7-5-2/h4-36H2,1-3H3,(H,39,42)(H,40,43). The van der Waals surface area contributed by atoms with E-state index in [1.807, 2.05) is 0 Å². The van der Waals surface area contributed by atoms with Gasteiger partial charge in [0.2, 0.25) is 11.8 Å². The maximum Gasteiger partial charge on any atom is 0.221 e. The number of amides is 2. The number of carbonyl (C=O) groups excluding carboxylic acids is 2. The van der Waals surface area contributed by atoms with E-state index in [-0.39, 0.29) is 11.8 Å². The Morgan fingerprint density at radius 3 is 1.09 bits per heavy atom.